The van der Waals surface area contributed by atoms with E-state index in [9.17, 15) is 15.0 Å². The molecule has 23 heavy (non-hydrogen) atoms. The largest absolute Gasteiger partial charge is 0.480 e. The van der Waals surface area contributed by atoms with Crippen molar-refractivity contribution in [2.45, 2.75) is 38.5 Å². The molecular formula is C19H23NO3. The Bertz CT molecular complexity index is 625. The molecule has 4 nitrogen and oxygen atoms in total. The highest BCUT2D eigenvalue weighted by molar-refractivity contribution is 5.73. The van der Waals surface area contributed by atoms with E-state index in [-0.39, 0.29) is 12.5 Å². The quantitative estimate of drug-likeness (QED) is 0.734. The van der Waals surface area contributed by atoms with Crippen molar-refractivity contribution in [3.8, 4) is 0 Å². The lowest BCUT2D eigenvalue weighted by atomic mass is 9.99. The number of aliphatic carboxylic acids is 1. The summed E-state index contributed by atoms with van der Waals surface area (Å²) in [6.07, 6.45) is -0.692. The standard InChI is InChI=1S/C19H23NO3/c1-13-8-10-16(11-9-13)18(21)12-17(19(22)23)20-14(2)15-6-4-3-5-7-15/h3-11,14,17-18,20-21H,12H2,1-2H3,(H,22,23)/t14-,17-,18+/m0/s1. The Balaban J connectivity index is 2.04. The Labute approximate surface area is 136 Å². The molecule has 0 unspecified atom stereocenters. The molecule has 122 valence electrons. The van der Waals surface area contributed by atoms with Gasteiger partial charge in [0.05, 0.1) is 6.10 Å². The van der Waals surface area contributed by atoms with Crippen LogP contribution in [0.4, 0.5) is 0 Å². The van der Waals surface area contributed by atoms with Crippen molar-refractivity contribution in [2.75, 3.05) is 0 Å². The SMILES string of the molecule is Cc1ccc([C@H](O)C[C@H](N[C@@H](C)c2ccccc2)C(=O)O)cc1. The predicted octanol–water partition coefficient (Wildman–Crippen LogP) is 3.22. The number of hydrogen-bond acceptors (Lipinski definition) is 3. The summed E-state index contributed by atoms with van der Waals surface area (Å²) < 4.78 is 0. The van der Waals surface area contributed by atoms with Gasteiger partial charge in [-0.1, -0.05) is 60.2 Å². The van der Waals surface area contributed by atoms with E-state index < -0.39 is 18.1 Å². The number of nitrogens with one attached hydrogen (secondary N) is 1. The summed E-state index contributed by atoms with van der Waals surface area (Å²) in [5, 5.41) is 22.8. The van der Waals surface area contributed by atoms with Crippen molar-refractivity contribution in [1.82, 2.24) is 5.32 Å². The molecule has 0 fully saturated rings. The molecule has 4 heteroatoms. The number of aryl methyl sites for hydroxylation is 1. The first kappa shape index (κ1) is 17.2. The van der Waals surface area contributed by atoms with Crippen LogP contribution in [0.25, 0.3) is 0 Å². The molecule has 2 rings (SSSR count). The Morgan fingerprint density at radius 1 is 1.04 bits per heavy atom. The lowest BCUT2D eigenvalue weighted by Gasteiger charge is -2.23. The fourth-order valence-electron chi connectivity index (χ4n) is 2.53. The van der Waals surface area contributed by atoms with Crippen LogP contribution in [-0.2, 0) is 4.79 Å². The normalized spacial score (nSPS) is 14.9. The van der Waals surface area contributed by atoms with Crippen molar-refractivity contribution in [2.24, 2.45) is 0 Å². The van der Waals surface area contributed by atoms with E-state index in [0.29, 0.717) is 0 Å². The molecule has 0 aromatic heterocycles. The highest BCUT2D eigenvalue weighted by Crippen LogP contribution is 2.21. The lowest BCUT2D eigenvalue weighted by molar-refractivity contribution is -0.140. The minimum atomic E-state index is -0.959. The van der Waals surface area contributed by atoms with Gasteiger partial charge in [-0.25, -0.2) is 0 Å². The summed E-state index contributed by atoms with van der Waals surface area (Å²) in [7, 11) is 0. The Morgan fingerprint density at radius 2 is 1.65 bits per heavy atom. The molecule has 0 saturated heterocycles. The Morgan fingerprint density at radius 3 is 2.22 bits per heavy atom. The topological polar surface area (TPSA) is 69.6 Å². The number of aliphatic hydroxyl groups is 1. The van der Waals surface area contributed by atoms with Gasteiger partial charge in [0.2, 0.25) is 0 Å². The number of rotatable bonds is 7. The van der Waals surface area contributed by atoms with Gasteiger partial charge >= 0.3 is 5.97 Å². The van der Waals surface area contributed by atoms with Gasteiger partial charge in [0.25, 0.3) is 0 Å². The van der Waals surface area contributed by atoms with Gasteiger partial charge in [0.1, 0.15) is 6.04 Å². The van der Waals surface area contributed by atoms with Crippen LogP contribution in [0.5, 0.6) is 0 Å². The van der Waals surface area contributed by atoms with Crippen molar-refractivity contribution in [3.63, 3.8) is 0 Å². The third-order valence-corrected chi connectivity index (χ3v) is 3.97. The van der Waals surface area contributed by atoms with Crippen LogP contribution in [0.15, 0.2) is 54.6 Å². The summed E-state index contributed by atoms with van der Waals surface area (Å²) in [4.78, 5) is 11.5. The fourth-order valence-corrected chi connectivity index (χ4v) is 2.53. The second-order valence-electron chi connectivity index (χ2n) is 5.85. The van der Waals surface area contributed by atoms with Gasteiger partial charge < -0.3 is 10.2 Å². The first-order valence-corrected chi connectivity index (χ1v) is 7.76. The zero-order chi connectivity index (χ0) is 16.8. The fraction of sp³-hybridized carbons (Fsp3) is 0.316. The first-order valence-electron chi connectivity index (χ1n) is 7.76. The zero-order valence-electron chi connectivity index (χ0n) is 13.4. The maximum absolute atomic E-state index is 11.5. The van der Waals surface area contributed by atoms with E-state index in [0.717, 1.165) is 16.7 Å². The molecule has 0 radical (unpaired) electrons. The van der Waals surface area contributed by atoms with Crippen LogP contribution >= 0.6 is 0 Å². The van der Waals surface area contributed by atoms with Crippen molar-refractivity contribution >= 4 is 5.97 Å². The molecule has 2 aromatic carbocycles. The van der Waals surface area contributed by atoms with Crippen LogP contribution in [0.3, 0.4) is 0 Å². The molecule has 3 atom stereocenters. The number of hydrogen-bond donors (Lipinski definition) is 3. The van der Waals surface area contributed by atoms with E-state index in [1.165, 1.54) is 0 Å². The zero-order valence-corrected chi connectivity index (χ0v) is 13.4. The number of benzene rings is 2. The van der Waals surface area contributed by atoms with E-state index in [1.54, 1.807) is 0 Å². The molecule has 2 aromatic rings. The van der Waals surface area contributed by atoms with Crippen LogP contribution < -0.4 is 5.32 Å². The summed E-state index contributed by atoms with van der Waals surface area (Å²) in [6, 6.07) is 16.2. The average molecular weight is 313 g/mol. The molecular weight excluding hydrogens is 290 g/mol. The van der Waals surface area contributed by atoms with Crippen molar-refractivity contribution in [1.29, 1.82) is 0 Å². The third kappa shape index (κ3) is 4.91. The minimum absolute atomic E-state index is 0.109. The van der Waals surface area contributed by atoms with Crippen LogP contribution in [0, 0.1) is 6.92 Å². The van der Waals surface area contributed by atoms with Crippen molar-refractivity contribution < 1.29 is 15.0 Å². The monoisotopic (exact) mass is 313 g/mol. The lowest BCUT2D eigenvalue weighted by Crippen LogP contribution is -2.39. The van der Waals surface area contributed by atoms with Gasteiger partial charge in [-0.05, 0) is 25.0 Å². The summed E-state index contributed by atoms with van der Waals surface area (Å²) in [5.74, 6) is -0.959. The maximum Gasteiger partial charge on any atom is 0.320 e. The van der Waals surface area contributed by atoms with Crippen LogP contribution in [-0.4, -0.2) is 22.2 Å². The Hall–Kier alpha value is -2.17. The number of aliphatic hydroxyl groups excluding tert-OH is 1. The third-order valence-electron chi connectivity index (χ3n) is 3.97. The van der Waals surface area contributed by atoms with Gasteiger partial charge in [-0.3, -0.25) is 10.1 Å². The molecule has 0 aliphatic rings. The first-order chi connectivity index (χ1) is 11.0. The Kier molecular flexibility index (Phi) is 5.90. The summed E-state index contributed by atoms with van der Waals surface area (Å²) in [5.41, 5.74) is 2.85. The molecule has 0 amide bonds. The molecule has 3 N–H and O–H groups in total. The number of carbonyl (C=O) groups is 1. The minimum Gasteiger partial charge on any atom is -0.480 e. The van der Waals surface area contributed by atoms with E-state index >= 15 is 0 Å². The second kappa shape index (κ2) is 7.90. The van der Waals surface area contributed by atoms with Gasteiger partial charge in [0.15, 0.2) is 0 Å². The highest BCUT2D eigenvalue weighted by atomic mass is 16.4. The smallest absolute Gasteiger partial charge is 0.320 e. The van der Waals surface area contributed by atoms with E-state index in [2.05, 4.69) is 5.32 Å². The maximum atomic E-state index is 11.5. The predicted molar refractivity (Wildman–Crippen MR) is 90.2 cm³/mol. The van der Waals surface area contributed by atoms with Crippen LogP contribution in [0.2, 0.25) is 0 Å². The van der Waals surface area contributed by atoms with E-state index in [4.69, 9.17) is 0 Å². The van der Waals surface area contributed by atoms with Gasteiger partial charge in [-0.15, -0.1) is 0 Å². The van der Waals surface area contributed by atoms with Gasteiger partial charge in [-0.2, -0.15) is 0 Å². The molecule has 0 heterocycles. The van der Waals surface area contributed by atoms with Crippen molar-refractivity contribution in [3.05, 3.63) is 71.3 Å². The van der Waals surface area contributed by atoms with Crippen LogP contribution in [0.1, 0.15) is 42.2 Å². The summed E-state index contributed by atoms with van der Waals surface area (Å²) in [6.45, 7) is 3.89. The molecule has 0 aliphatic heterocycles. The molecule has 0 bridgehead atoms. The molecule has 0 saturated carbocycles. The number of carboxylic acids is 1. The second-order valence-corrected chi connectivity index (χ2v) is 5.85. The molecule has 0 spiro atoms. The average Bonchev–Trinajstić information content (AvgIpc) is 2.55. The van der Waals surface area contributed by atoms with E-state index in [1.807, 2.05) is 68.4 Å². The van der Waals surface area contributed by atoms with Gasteiger partial charge in [0, 0.05) is 12.5 Å². The number of carboxylic acid groups (broad SMARTS) is 1. The summed E-state index contributed by atoms with van der Waals surface area (Å²) >= 11 is 0. The highest BCUT2D eigenvalue weighted by Gasteiger charge is 2.24. The molecule has 0 aliphatic carbocycles.